The lowest BCUT2D eigenvalue weighted by atomic mass is 9.98. The van der Waals surface area contributed by atoms with Crippen LogP contribution in [0.15, 0.2) is 41.1 Å². The van der Waals surface area contributed by atoms with Crippen LogP contribution in [-0.4, -0.2) is 48.6 Å². The van der Waals surface area contributed by atoms with Gasteiger partial charge in [-0.15, -0.1) is 0 Å². The molecule has 0 aliphatic carbocycles. The Labute approximate surface area is 189 Å². The molecule has 1 saturated heterocycles. The number of rotatable bonds is 6. The highest BCUT2D eigenvalue weighted by Gasteiger charge is 2.19. The van der Waals surface area contributed by atoms with Crippen LogP contribution in [0.3, 0.4) is 0 Å². The van der Waals surface area contributed by atoms with Crippen LogP contribution < -0.4 is 14.8 Å². The summed E-state index contributed by atoms with van der Waals surface area (Å²) in [5.41, 5.74) is 0.799. The molecular formula is C22H24BrFN4O2. The molecule has 8 heteroatoms. The van der Waals surface area contributed by atoms with E-state index in [1.807, 2.05) is 0 Å². The highest BCUT2D eigenvalue weighted by Crippen LogP contribution is 2.35. The second kappa shape index (κ2) is 9.14. The molecule has 2 aromatic carbocycles. The number of methoxy groups -OCH3 is 1. The number of halogens is 2. The number of aromatic nitrogens is 2. The van der Waals surface area contributed by atoms with Crippen LogP contribution in [0.2, 0.25) is 0 Å². The summed E-state index contributed by atoms with van der Waals surface area (Å²) in [4.78, 5) is 9.67. The van der Waals surface area contributed by atoms with Crippen LogP contribution in [0.4, 0.5) is 15.9 Å². The minimum atomic E-state index is -1.78. The third-order valence-corrected chi connectivity index (χ3v) is 5.31. The molecule has 1 aliphatic heterocycles. The molecule has 0 radical (unpaired) electrons. The van der Waals surface area contributed by atoms with Gasteiger partial charge in [0.05, 0.1) is 24.9 Å². The number of hydrogen-bond donors (Lipinski definition) is 1. The molecule has 4 rings (SSSR count). The van der Waals surface area contributed by atoms with Gasteiger partial charge in [0.15, 0.2) is 11.5 Å². The first-order chi connectivity index (χ1) is 16.0. The number of ether oxygens (including phenoxy) is 2. The van der Waals surface area contributed by atoms with Gasteiger partial charge in [-0.2, -0.15) is 0 Å². The van der Waals surface area contributed by atoms with Gasteiger partial charge in [-0.3, -0.25) is 0 Å². The summed E-state index contributed by atoms with van der Waals surface area (Å²) < 4.78 is 59.0. The van der Waals surface area contributed by atoms with Crippen LogP contribution >= 0.6 is 15.9 Å². The molecule has 0 unspecified atom stereocenters. The molecule has 0 saturated carbocycles. The molecule has 2 heterocycles. The van der Waals surface area contributed by atoms with E-state index in [1.54, 1.807) is 24.3 Å². The Kier molecular flexibility index (Phi) is 4.96. The third-order valence-electron chi connectivity index (χ3n) is 4.81. The number of hydrogen-bond acceptors (Lipinski definition) is 6. The average Bonchev–Trinajstić information content (AvgIpc) is 2.77. The fraction of sp³-hybridized carbons (Fsp3) is 0.364. The van der Waals surface area contributed by atoms with Gasteiger partial charge in [0, 0.05) is 21.4 Å². The average molecular weight is 479 g/mol. The fourth-order valence-electron chi connectivity index (χ4n) is 3.14. The van der Waals surface area contributed by atoms with E-state index < -0.39 is 18.8 Å². The van der Waals surface area contributed by atoms with Crippen LogP contribution in [0.5, 0.6) is 11.5 Å². The van der Waals surface area contributed by atoms with Gasteiger partial charge < -0.3 is 19.7 Å². The van der Waals surface area contributed by atoms with Crippen molar-refractivity contribution in [1.29, 1.82) is 0 Å². The molecule has 1 fully saturated rings. The number of fused-ring (bicyclic) bond motifs is 1. The van der Waals surface area contributed by atoms with Gasteiger partial charge in [-0.1, -0.05) is 15.9 Å². The maximum Gasteiger partial charge on any atom is 0.163 e. The van der Waals surface area contributed by atoms with Crippen molar-refractivity contribution in [2.24, 2.45) is 5.92 Å². The molecule has 0 amide bonds. The molecule has 1 aliphatic rings. The zero-order valence-corrected chi connectivity index (χ0v) is 18.2. The minimum Gasteiger partial charge on any atom is -0.493 e. The number of benzene rings is 2. The first-order valence-corrected chi connectivity index (χ1v) is 10.2. The van der Waals surface area contributed by atoms with Crippen LogP contribution in [0, 0.1) is 11.7 Å². The fourth-order valence-corrected chi connectivity index (χ4v) is 3.47. The number of anilines is 2. The number of likely N-dealkylation sites (tertiary alicyclic amines) is 1. The minimum absolute atomic E-state index is 0.120. The third kappa shape index (κ3) is 4.65. The topological polar surface area (TPSA) is 59.5 Å². The first-order valence-electron chi connectivity index (χ1n) is 11.4. The van der Waals surface area contributed by atoms with Crippen molar-refractivity contribution in [2.75, 3.05) is 39.1 Å². The largest absolute Gasteiger partial charge is 0.493 e. The van der Waals surface area contributed by atoms with Crippen LogP contribution in [0.25, 0.3) is 10.9 Å². The summed E-state index contributed by atoms with van der Waals surface area (Å²) in [5.74, 6) is 0.429. The zero-order chi connectivity index (χ0) is 24.7. The second-order valence-corrected chi connectivity index (χ2v) is 7.87. The lowest BCUT2D eigenvalue weighted by Gasteiger charge is -2.28. The van der Waals surface area contributed by atoms with Gasteiger partial charge in [-0.05, 0) is 63.1 Å². The summed E-state index contributed by atoms with van der Waals surface area (Å²) in [7, 11) is 2.95. The first kappa shape index (κ1) is 16.3. The van der Waals surface area contributed by atoms with Crippen molar-refractivity contribution in [1.82, 2.24) is 14.9 Å². The Hall–Kier alpha value is -2.45. The normalized spacial score (nSPS) is 20.7. The molecule has 1 N–H and O–H groups in total. The standard InChI is InChI=1S/C22H24BrFN4O2/c1-28-7-5-14(6-8-28)12-30-21-11-19-16(10-20(21)29-2)22(26-13-25-19)27-18-4-3-15(23)9-17(18)24/h3-4,9-11,13-14H,5-8,12H2,1-2H3,(H,25,26,27)/i7D2,8D2. The zero-order valence-electron chi connectivity index (χ0n) is 20.6. The quantitative estimate of drug-likeness (QED) is 0.537. The van der Waals surface area contributed by atoms with Crippen LogP contribution in [0.1, 0.15) is 18.3 Å². The van der Waals surface area contributed by atoms with E-state index in [1.165, 1.54) is 26.6 Å². The van der Waals surface area contributed by atoms with E-state index in [0.29, 0.717) is 32.7 Å². The molecule has 158 valence electrons. The maximum atomic E-state index is 14.3. The van der Waals surface area contributed by atoms with Gasteiger partial charge in [0.25, 0.3) is 0 Å². The molecule has 0 spiro atoms. The number of piperidine rings is 1. The van der Waals surface area contributed by atoms with Gasteiger partial charge in [-0.25, -0.2) is 14.4 Å². The Morgan fingerprint density at radius 1 is 1.23 bits per heavy atom. The Bertz CT molecular complexity index is 1200. The summed E-state index contributed by atoms with van der Waals surface area (Å²) in [6.07, 6.45) is 1.65. The summed E-state index contributed by atoms with van der Waals surface area (Å²) >= 11 is 3.24. The van der Waals surface area contributed by atoms with Gasteiger partial charge in [0.1, 0.15) is 18.0 Å². The predicted octanol–water partition coefficient (Wildman–Crippen LogP) is 5.00. The maximum absolute atomic E-state index is 14.3. The summed E-state index contributed by atoms with van der Waals surface area (Å²) in [6.45, 7) is -3.44. The van der Waals surface area contributed by atoms with Gasteiger partial charge >= 0.3 is 0 Å². The molecule has 30 heavy (non-hydrogen) atoms. The number of nitrogens with one attached hydrogen (secondary N) is 1. The summed E-state index contributed by atoms with van der Waals surface area (Å²) in [5, 5.41) is 3.59. The predicted molar refractivity (Wildman–Crippen MR) is 119 cm³/mol. The van der Waals surface area contributed by atoms with Crippen molar-refractivity contribution in [3.8, 4) is 11.5 Å². The van der Waals surface area contributed by atoms with Crippen molar-refractivity contribution in [3.05, 3.63) is 46.9 Å². The monoisotopic (exact) mass is 478 g/mol. The second-order valence-electron chi connectivity index (χ2n) is 6.95. The lowest BCUT2D eigenvalue weighted by molar-refractivity contribution is 0.157. The molecule has 6 nitrogen and oxygen atoms in total. The van der Waals surface area contributed by atoms with Crippen molar-refractivity contribution in [3.63, 3.8) is 0 Å². The lowest BCUT2D eigenvalue weighted by Crippen LogP contribution is -2.32. The van der Waals surface area contributed by atoms with Crippen molar-refractivity contribution in [2.45, 2.75) is 12.8 Å². The van der Waals surface area contributed by atoms with Crippen LogP contribution in [-0.2, 0) is 0 Å². The smallest absolute Gasteiger partial charge is 0.163 e. The van der Waals surface area contributed by atoms with Crippen molar-refractivity contribution < 1.29 is 19.3 Å². The molecule has 1 aromatic heterocycles. The van der Waals surface area contributed by atoms with Crippen molar-refractivity contribution >= 4 is 38.3 Å². The van der Waals surface area contributed by atoms with E-state index >= 15 is 0 Å². The van der Waals surface area contributed by atoms with E-state index in [4.69, 9.17) is 15.0 Å². The number of nitrogens with zero attached hydrogens (tertiary/aromatic N) is 3. The molecule has 0 atom stereocenters. The molecular weight excluding hydrogens is 451 g/mol. The highest BCUT2D eigenvalue weighted by molar-refractivity contribution is 9.10. The Balaban J connectivity index is 1.59. The Morgan fingerprint density at radius 3 is 2.77 bits per heavy atom. The van der Waals surface area contributed by atoms with E-state index in [2.05, 4.69) is 31.2 Å². The van der Waals surface area contributed by atoms with Gasteiger partial charge in [0.2, 0.25) is 0 Å². The Morgan fingerprint density at radius 2 is 2.03 bits per heavy atom. The highest BCUT2D eigenvalue weighted by atomic mass is 79.9. The molecule has 3 aromatic rings. The van der Waals surface area contributed by atoms with E-state index in [9.17, 15) is 4.39 Å². The summed E-state index contributed by atoms with van der Waals surface area (Å²) in [6, 6.07) is 8.04. The van der Waals surface area contributed by atoms with E-state index in [-0.39, 0.29) is 31.1 Å². The molecule has 0 bridgehead atoms. The van der Waals surface area contributed by atoms with E-state index in [0.717, 1.165) is 4.90 Å². The SMILES string of the molecule is [2H]C1([2H])CC(COc2cc3ncnc(Nc4ccc(Br)cc4F)c3cc2OC)CC([2H])([2H])N1C.